The molecule has 0 bridgehead atoms. The van der Waals surface area contributed by atoms with E-state index >= 15 is 0 Å². The number of benzene rings is 1. The first kappa shape index (κ1) is 18.4. The summed E-state index contributed by atoms with van der Waals surface area (Å²) in [4.78, 5) is 16.7. The highest BCUT2D eigenvalue weighted by Gasteiger charge is 2.31. The third-order valence-corrected chi connectivity index (χ3v) is 4.37. The van der Waals surface area contributed by atoms with Crippen molar-refractivity contribution in [2.75, 3.05) is 19.5 Å². The van der Waals surface area contributed by atoms with Gasteiger partial charge in [-0.3, -0.25) is 14.5 Å². The Morgan fingerprint density at radius 3 is 2.41 bits per heavy atom. The zero-order chi connectivity index (χ0) is 19.4. The third-order valence-electron chi connectivity index (χ3n) is 4.37. The van der Waals surface area contributed by atoms with Gasteiger partial charge in [-0.15, -0.1) is 0 Å². The van der Waals surface area contributed by atoms with E-state index in [2.05, 4.69) is 15.4 Å². The zero-order valence-electron chi connectivity index (χ0n) is 15.8. The number of hydrogen-bond donors (Lipinski definition) is 1. The predicted molar refractivity (Wildman–Crippen MR) is 103 cm³/mol. The quantitative estimate of drug-likeness (QED) is 0.724. The van der Waals surface area contributed by atoms with Crippen molar-refractivity contribution in [1.29, 1.82) is 0 Å². The molecule has 0 saturated carbocycles. The van der Waals surface area contributed by atoms with Crippen molar-refractivity contribution in [2.24, 2.45) is 0 Å². The molecule has 140 valence electrons. The van der Waals surface area contributed by atoms with Crippen molar-refractivity contribution in [3.63, 3.8) is 0 Å². The number of carbonyl (C=O) groups is 1. The molecule has 0 radical (unpaired) electrons. The maximum absolute atomic E-state index is 12.7. The molecule has 1 aromatic carbocycles. The minimum Gasteiger partial charge on any atom is -0.493 e. The average molecular weight is 366 g/mol. The number of aromatic nitrogens is 3. The van der Waals surface area contributed by atoms with Gasteiger partial charge in [0.1, 0.15) is 5.54 Å². The monoisotopic (exact) mass is 366 g/mol. The number of anilines is 1. The summed E-state index contributed by atoms with van der Waals surface area (Å²) in [7, 11) is 3.19. The van der Waals surface area contributed by atoms with Crippen LogP contribution in [0.4, 0.5) is 5.69 Å². The number of hydrogen-bond acceptors (Lipinski definition) is 5. The molecule has 3 aromatic rings. The molecule has 2 heterocycles. The molecule has 0 aliphatic carbocycles. The normalized spacial score (nSPS) is 11.1. The van der Waals surface area contributed by atoms with Gasteiger partial charge < -0.3 is 14.8 Å². The van der Waals surface area contributed by atoms with Crippen LogP contribution in [-0.4, -0.2) is 34.9 Å². The van der Waals surface area contributed by atoms with Crippen LogP contribution in [0.15, 0.2) is 55.1 Å². The molecule has 1 N–H and O–H groups in total. The van der Waals surface area contributed by atoms with Gasteiger partial charge in [-0.25, -0.2) is 0 Å². The fourth-order valence-corrected chi connectivity index (χ4v) is 2.62. The maximum atomic E-state index is 12.7. The first-order chi connectivity index (χ1) is 13.0. The summed E-state index contributed by atoms with van der Waals surface area (Å²) >= 11 is 0. The summed E-state index contributed by atoms with van der Waals surface area (Å²) in [5.74, 6) is 1.12. The molecule has 0 spiro atoms. The number of rotatable bonds is 6. The van der Waals surface area contributed by atoms with E-state index < -0.39 is 5.54 Å². The Hall–Kier alpha value is -3.35. The summed E-state index contributed by atoms with van der Waals surface area (Å²) in [6.07, 6.45) is 6.83. The van der Waals surface area contributed by atoms with E-state index in [-0.39, 0.29) is 5.91 Å². The molecular weight excluding hydrogens is 344 g/mol. The Kier molecular flexibility index (Phi) is 5.12. The Morgan fingerprint density at radius 1 is 1.04 bits per heavy atom. The average Bonchev–Trinajstić information content (AvgIpc) is 3.19. The fourth-order valence-electron chi connectivity index (χ4n) is 2.62. The Balaban J connectivity index is 1.85. The van der Waals surface area contributed by atoms with Crippen LogP contribution in [-0.2, 0) is 10.3 Å². The Labute approximate surface area is 158 Å². The van der Waals surface area contributed by atoms with E-state index in [0.29, 0.717) is 17.2 Å². The van der Waals surface area contributed by atoms with Crippen molar-refractivity contribution in [2.45, 2.75) is 19.4 Å². The summed E-state index contributed by atoms with van der Waals surface area (Å²) in [5, 5.41) is 7.28. The predicted octanol–water partition coefficient (Wildman–Crippen LogP) is 3.34. The molecule has 0 aliphatic heterocycles. The number of pyridine rings is 1. The molecule has 7 nitrogen and oxygen atoms in total. The molecule has 2 aromatic heterocycles. The summed E-state index contributed by atoms with van der Waals surface area (Å²) in [6.45, 7) is 3.63. The van der Waals surface area contributed by atoms with Gasteiger partial charge >= 0.3 is 0 Å². The molecule has 27 heavy (non-hydrogen) atoms. The molecule has 0 fully saturated rings. The highest BCUT2D eigenvalue weighted by Crippen LogP contribution is 2.32. The number of carbonyl (C=O) groups excluding carboxylic acids is 1. The van der Waals surface area contributed by atoms with Crippen LogP contribution >= 0.6 is 0 Å². The molecule has 1 amide bonds. The van der Waals surface area contributed by atoms with Gasteiger partial charge in [0.05, 0.1) is 20.4 Å². The number of amides is 1. The molecule has 0 unspecified atom stereocenters. The van der Waals surface area contributed by atoms with E-state index in [9.17, 15) is 4.79 Å². The second kappa shape index (κ2) is 7.49. The smallest absolute Gasteiger partial charge is 0.251 e. The van der Waals surface area contributed by atoms with Crippen molar-refractivity contribution < 1.29 is 14.3 Å². The standard InChI is InChI=1S/C20H22N4O3/c1-20(2,19(25)23-16-7-9-21-10-8-16)24-13-15(12-22-24)14-5-6-17(26-3)18(11-14)27-4/h5-13H,1-4H3,(H,21,23,25). The zero-order valence-corrected chi connectivity index (χ0v) is 15.8. The highest BCUT2D eigenvalue weighted by atomic mass is 16.5. The maximum Gasteiger partial charge on any atom is 0.251 e. The molecular formula is C20H22N4O3. The lowest BCUT2D eigenvalue weighted by molar-refractivity contribution is -0.123. The second-order valence-corrected chi connectivity index (χ2v) is 6.49. The summed E-state index contributed by atoms with van der Waals surface area (Å²) < 4.78 is 12.3. The molecule has 0 aliphatic rings. The number of ether oxygens (including phenoxy) is 2. The van der Waals surface area contributed by atoms with Crippen LogP contribution in [0.5, 0.6) is 11.5 Å². The van der Waals surface area contributed by atoms with E-state index in [4.69, 9.17) is 9.47 Å². The topological polar surface area (TPSA) is 78.3 Å². The van der Waals surface area contributed by atoms with Crippen molar-refractivity contribution in [1.82, 2.24) is 14.8 Å². The fraction of sp³-hybridized carbons (Fsp3) is 0.250. The van der Waals surface area contributed by atoms with Crippen LogP contribution in [0.1, 0.15) is 13.8 Å². The number of nitrogens with zero attached hydrogens (tertiary/aromatic N) is 3. The lowest BCUT2D eigenvalue weighted by atomic mass is 10.0. The van der Waals surface area contributed by atoms with Crippen molar-refractivity contribution in [3.8, 4) is 22.6 Å². The number of nitrogens with one attached hydrogen (secondary N) is 1. The van der Waals surface area contributed by atoms with Gasteiger partial charge in [-0.05, 0) is 43.7 Å². The van der Waals surface area contributed by atoms with Crippen LogP contribution in [0, 0.1) is 0 Å². The highest BCUT2D eigenvalue weighted by molar-refractivity contribution is 5.96. The molecule has 0 saturated heterocycles. The van der Waals surface area contributed by atoms with Gasteiger partial charge in [-0.2, -0.15) is 5.10 Å². The molecule has 3 rings (SSSR count). The third kappa shape index (κ3) is 3.76. The minimum atomic E-state index is -0.877. The molecule has 7 heteroatoms. The van der Waals surface area contributed by atoms with E-state index in [1.807, 2.05) is 38.2 Å². The van der Waals surface area contributed by atoms with Gasteiger partial charge in [0.25, 0.3) is 5.91 Å². The van der Waals surface area contributed by atoms with Gasteiger partial charge in [0, 0.05) is 29.8 Å². The van der Waals surface area contributed by atoms with Crippen LogP contribution in [0.3, 0.4) is 0 Å². The van der Waals surface area contributed by atoms with E-state index in [1.165, 1.54) is 0 Å². The lowest BCUT2D eigenvalue weighted by Crippen LogP contribution is -2.40. The van der Waals surface area contributed by atoms with Crippen LogP contribution in [0.25, 0.3) is 11.1 Å². The SMILES string of the molecule is COc1ccc(-c2cnn(C(C)(C)C(=O)Nc3ccncc3)c2)cc1OC. The summed E-state index contributed by atoms with van der Waals surface area (Å²) in [6, 6.07) is 9.13. The van der Waals surface area contributed by atoms with Crippen molar-refractivity contribution >= 4 is 11.6 Å². The van der Waals surface area contributed by atoms with Crippen LogP contribution < -0.4 is 14.8 Å². The van der Waals surface area contributed by atoms with Crippen molar-refractivity contribution in [3.05, 3.63) is 55.1 Å². The second-order valence-electron chi connectivity index (χ2n) is 6.49. The van der Waals surface area contributed by atoms with E-state index in [0.717, 1.165) is 11.1 Å². The Morgan fingerprint density at radius 2 is 1.74 bits per heavy atom. The largest absolute Gasteiger partial charge is 0.493 e. The summed E-state index contributed by atoms with van der Waals surface area (Å²) in [5.41, 5.74) is 1.61. The lowest BCUT2D eigenvalue weighted by Gasteiger charge is -2.24. The first-order valence-corrected chi connectivity index (χ1v) is 8.44. The van der Waals surface area contributed by atoms with Gasteiger partial charge in [0.15, 0.2) is 11.5 Å². The van der Waals surface area contributed by atoms with Crippen LogP contribution in [0.2, 0.25) is 0 Å². The minimum absolute atomic E-state index is 0.171. The Bertz CT molecular complexity index is 935. The molecule has 0 atom stereocenters. The van der Waals surface area contributed by atoms with Gasteiger partial charge in [0.2, 0.25) is 0 Å². The first-order valence-electron chi connectivity index (χ1n) is 8.44. The van der Waals surface area contributed by atoms with Gasteiger partial charge in [-0.1, -0.05) is 6.07 Å². The number of methoxy groups -OCH3 is 2. The van der Waals surface area contributed by atoms with E-state index in [1.54, 1.807) is 49.6 Å².